The summed E-state index contributed by atoms with van der Waals surface area (Å²) in [5.74, 6) is 1.39. The van der Waals surface area contributed by atoms with Crippen LogP contribution in [0, 0.1) is 5.92 Å². The van der Waals surface area contributed by atoms with E-state index in [-0.39, 0.29) is 6.10 Å². The van der Waals surface area contributed by atoms with E-state index < -0.39 is 5.60 Å². The third-order valence-electron chi connectivity index (χ3n) is 8.40. The fourth-order valence-electron chi connectivity index (χ4n) is 6.29. The zero-order chi connectivity index (χ0) is 23.8. The van der Waals surface area contributed by atoms with E-state index in [1.807, 2.05) is 0 Å². The largest absolute Gasteiger partial charge is 0.384 e. The van der Waals surface area contributed by atoms with E-state index in [0.29, 0.717) is 5.92 Å². The van der Waals surface area contributed by atoms with Crippen molar-refractivity contribution >= 4 is 5.82 Å². The summed E-state index contributed by atoms with van der Waals surface area (Å²) >= 11 is 0. The summed E-state index contributed by atoms with van der Waals surface area (Å²) < 4.78 is 5.58. The summed E-state index contributed by atoms with van der Waals surface area (Å²) in [4.78, 5) is 9.90. The number of rotatable bonds is 6. The van der Waals surface area contributed by atoms with Crippen molar-refractivity contribution in [2.75, 3.05) is 44.7 Å². The highest BCUT2D eigenvalue weighted by atomic mass is 16.5. The average molecular weight is 470 g/mol. The summed E-state index contributed by atoms with van der Waals surface area (Å²) in [7, 11) is 1.79. The second-order valence-corrected chi connectivity index (χ2v) is 10.5. The first kappa shape index (κ1) is 22.7. The zero-order valence-electron chi connectivity index (χ0n) is 20.6. The van der Waals surface area contributed by atoms with Crippen molar-refractivity contribution in [2.24, 2.45) is 5.92 Å². The van der Waals surface area contributed by atoms with Crippen LogP contribution >= 0.6 is 0 Å². The first-order valence-electron chi connectivity index (χ1n) is 13.0. The van der Waals surface area contributed by atoms with E-state index in [0.717, 1.165) is 86.6 Å². The number of pyridine rings is 1. The molecule has 2 atom stereocenters. The molecule has 0 spiro atoms. The van der Waals surface area contributed by atoms with Crippen LogP contribution in [0.25, 0.3) is 11.1 Å². The Morgan fingerprint density at radius 2 is 1.71 bits per heavy atom. The molecule has 5 heterocycles. The molecule has 1 aromatic heterocycles. The van der Waals surface area contributed by atoms with E-state index in [1.165, 1.54) is 5.56 Å². The van der Waals surface area contributed by atoms with Gasteiger partial charge in [0.2, 0.25) is 0 Å². The fraction of sp³-hybridized carbons (Fsp3) is 0.433. The number of fused-ring (bicyclic) bond motifs is 3. The average Bonchev–Trinajstić information content (AvgIpc) is 3.40. The van der Waals surface area contributed by atoms with Crippen molar-refractivity contribution in [3.8, 4) is 11.1 Å². The third kappa shape index (κ3) is 4.37. The molecule has 4 saturated heterocycles. The van der Waals surface area contributed by atoms with E-state index in [1.54, 1.807) is 7.11 Å². The summed E-state index contributed by atoms with van der Waals surface area (Å²) in [5, 5.41) is 11.6. The Morgan fingerprint density at radius 1 is 0.943 bits per heavy atom. The summed E-state index contributed by atoms with van der Waals surface area (Å²) in [6, 6.07) is 23.6. The van der Waals surface area contributed by atoms with Gasteiger partial charge in [-0.1, -0.05) is 54.6 Å². The van der Waals surface area contributed by atoms with Crippen LogP contribution in [0.2, 0.25) is 0 Å². The molecule has 7 rings (SSSR count). The molecule has 0 saturated carbocycles. The predicted molar refractivity (Wildman–Crippen MR) is 140 cm³/mol. The summed E-state index contributed by atoms with van der Waals surface area (Å²) in [6.07, 6.45) is 4.28. The number of ether oxygens (including phenoxy) is 1. The molecule has 2 bridgehead atoms. The van der Waals surface area contributed by atoms with Crippen molar-refractivity contribution in [1.29, 1.82) is 0 Å². The smallest absolute Gasteiger partial charge is 0.128 e. The Kier molecular flexibility index (Phi) is 6.09. The number of anilines is 1. The topological polar surface area (TPSA) is 48.8 Å². The van der Waals surface area contributed by atoms with Crippen LogP contribution in [-0.4, -0.2) is 60.9 Å². The van der Waals surface area contributed by atoms with Gasteiger partial charge in [-0.3, -0.25) is 0 Å². The minimum atomic E-state index is -0.725. The van der Waals surface area contributed by atoms with E-state index in [2.05, 4.69) is 76.5 Å². The highest BCUT2D eigenvalue weighted by molar-refractivity contribution is 5.68. The quantitative estimate of drug-likeness (QED) is 0.577. The number of nitrogens with zero attached hydrogens (tertiary/aromatic N) is 3. The van der Waals surface area contributed by atoms with Gasteiger partial charge in [0, 0.05) is 38.7 Å². The first-order chi connectivity index (χ1) is 17.1. The SMILES string of the molecule is CO[C@H]1CCN(c2ccc(-c3ccc(C4(O)CN5CCC4CC5)cc3)c(Cc3ccccc3)n2)C1. The van der Waals surface area contributed by atoms with E-state index in [9.17, 15) is 5.11 Å². The van der Waals surface area contributed by atoms with Gasteiger partial charge in [0.1, 0.15) is 11.4 Å². The molecule has 1 N–H and O–H groups in total. The highest BCUT2D eigenvalue weighted by Gasteiger charge is 2.46. The lowest BCUT2D eigenvalue weighted by molar-refractivity contribution is -0.117. The number of aliphatic hydroxyl groups is 1. The monoisotopic (exact) mass is 469 g/mol. The summed E-state index contributed by atoms with van der Waals surface area (Å²) in [6.45, 7) is 4.85. The van der Waals surface area contributed by atoms with E-state index >= 15 is 0 Å². The van der Waals surface area contributed by atoms with Crippen molar-refractivity contribution < 1.29 is 9.84 Å². The minimum Gasteiger partial charge on any atom is -0.384 e. The number of hydrogen-bond acceptors (Lipinski definition) is 5. The normalized spacial score (nSPS) is 27.9. The van der Waals surface area contributed by atoms with Gasteiger partial charge in [-0.2, -0.15) is 0 Å². The van der Waals surface area contributed by atoms with Gasteiger partial charge in [-0.05, 0) is 67.1 Å². The Bertz CT molecular complexity index is 1160. The zero-order valence-corrected chi connectivity index (χ0v) is 20.6. The van der Waals surface area contributed by atoms with Crippen LogP contribution in [-0.2, 0) is 16.8 Å². The molecular weight excluding hydrogens is 434 g/mol. The van der Waals surface area contributed by atoms with Crippen LogP contribution in [0.3, 0.4) is 0 Å². The molecule has 0 radical (unpaired) electrons. The Morgan fingerprint density at radius 3 is 2.37 bits per heavy atom. The van der Waals surface area contributed by atoms with Crippen LogP contribution < -0.4 is 4.90 Å². The molecule has 4 aliphatic rings. The number of benzene rings is 2. The van der Waals surface area contributed by atoms with Crippen LogP contribution in [0.1, 0.15) is 36.1 Å². The maximum atomic E-state index is 11.6. The van der Waals surface area contributed by atoms with Crippen LogP contribution in [0.4, 0.5) is 5.82 Å². The second kappa shape index (κ2) is 9.38. The molecule has 4 aliphatic heterocycles. The van der Waals surface area contributed by atoms with Gasteiger partial charge >= 0.3 is 0 Å². The Hall–Kier alpha value is -2.73. The minimum absolute atomic E-state index is 0.277. The maximum absolute atomic E-state index is 11.6. The number of aromatic nitrogens is 1. The van der Waals surface area contributed by atoms with Gasteiger partial charge in [0.25, 0.3) is 0 Å². The fourth-order valence-corrected chi connectivity index (χ4v) is 6.29. The highest BCUT2D eigenvalue weighted by Crippen LogP contribution is 2.43. The number of piperidine rings is 3. The van der Waals surface area contributed by atoms with Gasteiger partial charge in [0.15, 0.2) is 0 Å². The first-order valence-corrected chi connectivity index (χ1v) is 13.0. The van der Waals surface area contributed by atoms with Crippen molar-refractivity contribution in [2.45, 2.75) is 37.4 Å². The molecule has 2 aromatic carbocycles. The van der Waals surface area contributed by atoms with Crippen molar-refractivity contribution in [3.63, 3.8) is 0 Å². The Labute approximate surface area is 208 Å². The molecule has 182 valence electrons. The molecule has 5 nitrogen and oxygen atoms in total. The maximum Gasteiger partial charge on any atom is 0.128 e. The molecule has 1 unspecified atom stereocenters. The summed E-state index contributed by atoms with van der Waals surface area (Å²) in [5.41, 5.74) is 4.98. The predicted octanol–water partition coefficient (Wildman–Crippen LogP) is 4.48. The lowest BCUT2D eigenvalue weighted by Crippen LogP contribution is -2.57. The number of hydrogen-bond donors (Lipinski definition) is 1. The van der Waals surface area contributed by atoms with Gasteiger partial charge in [-0.15, -0.1) is 0 Å². The van der Waals surface area contributed by atoms with Crippen LogP contribution in [0.15, 0.2) is 66.7 Å². The molecular formula is C30H35N3O2. The molecule has 4 fully saturated rings. The third-order valence-corrected chi connectivity index (χ3v) is 8.40. The van der Waals surface area contributed by atoms with Crippen molar-refractivity contribution in [1.82, 2.24) is 9.88 Å². The lowest BCUT2D eigenvalue weighted by atomic mass is 9.71. The lowest BCUT2D eigenvalue weighted by Gasteiger charge is -2.50. The van der Waals surface area contributed by atoms with E-state index in [4.69, 9.17) is 9.72 Å². The van der Waals surface area contributed by atoms with Crippen molar-refractivity contribution in [3.05, 3.63) is 83.6 Å². The molecule has 5 heteroatoms. The van der Waals surface area contributed by atoms with Gasteiger partial charge < -0.3 is 19.6 Å². The van der Waals surface area contributed by atoms with Gasteiger partial charge in [-0.25, -0.2) is 4.98 Å². The molecule has 35 heavy (non-hydrogen) atoms. The molecule has 3 aromatic rings. The standard InChI is InChI=1S/C30H35N3O2/c1-35-26-15-18-33(20-26)29-12-11-27(28(31-29)19-22-5-3-2-4-6-22)23-7-9-24(10-8-23)30(34)21-32-16-13-25(30)14-17-32/h2-12,25-26,34H,13-21H2,1H3/t26-,30?/m0/s1. The van der Waals surface area contributed by atoms with Crippen LogP contribution in [0.5, 0.6) is 0 Å². The molecule has 0 aliphatic carbocycles. The molecule has 0 amide bonds. The number of methoxy groups -OCH3 is 1. The second-order valence-electron chi connectivity index (χ2n) is 10.5. The Balaban J connectivity index is 1.32. The van der Waals surface area contributed by atoms with Gasteiger partial charge in [0.05, 0.1) is 11.8 Å².